The van der Waals surface area contributed by atoms with Gasteiger partial charge in [-0.15, -0.1) is 0 Å². The summed E-state index contributed by atoms with van der Waals surface area (Å²) in [6, 6.07) is 12.4. The van der Waals surface area contributed by atoms with Crippen LogP contribution in [0.5, 0.6) is 0 Å². The molecular formula is C18H20N2O. The first-order valence-corrected chi connectivity index (χ1v) is 7.46. The molecule has 0 fully saturated rings. The van der Waals surface area contributed by atoms with Crippen LogP contribution in [0.1, 0.15) is 36.6 Å². The lowest BCUT2D eigenvalue weighted by Gasteiger charge is -2.38. The predicted molar refractivity (Wildman–Crippen MR) is 82.8 cm³/mol. The van der Waals surface area contributed by atoms with Crippen LogP contribution < -0.4 is 0 Å². The first kappa shape index (κ1) is 13.8. The van der Waals surface area contributed by atoms with Crippen LogP contribution >= 0.6 is 0 Å². The fourth-order valence-corrected chi connectivity index (χ4v) is 3.03. The van der Waals surface area contributed by atoms with Gasteiger partial charge in [0.05, 0.1) is 6.04 Å². The van der Waals surface area contributed by atoms with Gasteiger partial charge >= 0.3 is 0 Å². The number of amides is 1. The average Bonchev–Trinajstić information content (AvgIpc) is 2.53. The van der Waals surface area contributed by atoms with Gasteiger partial charge in [0.1, 0.15) is 0 Å². The van der Waals surface area contributed by atoms with Crippen molar-refractivity contribution in [3.8, 4) is 0 Å². The van der Waals surface area contributed by atoms with Gasteiger partial charge in [0.15, 0.2) is 0 Å². The molecule has 0 N–H and O–H groups in total. The molecule has 1 aliphatic heterocycles. The Balaban J connectivity index is 2.09. The van der Waals surface area contributed by atoms with Crippen LogP contribution in [-0.2, 0) is 11.2 Å². The maximum absolute atomic E-state index is 12.6. The number of carbonyl (C=O) groups is 1. The molecule has 108 valence electrons. The lowest BCUT2D eigenvalue weighted by atomic mass is 9.88. The largest absolute Gasteiger partial charge is 0.331 e. The molecule has 2 heterocycles. The summed E-state index contributed by atoms with van der Waals surface area (Å²) in [5.41, 5.74) is 3.64. The SMILES string of the molecule is CC(C)C(=O)N1CCc2ccccc2C1c1cccnc1. The van der Waals surface area contributed by atoms with Crippen molar-refractivity contribution in [1.82, 2.24) is 9.88 Å². The Morgan fingerprint density at radius 1 is 1.24 bits per heavy atom. The smallest absolute Gasteiger partial charge is 0.225 e. The molecular weight excluding hydrogens is 260 g/mol. The molecule has 21 heavy (non-hydrogen) atoms. The Morgan fingerprint density at radius 2 is 2.05 bits per heavy atom. The number of hydrogen-bond donors (Lipinski definition) is 0. The summed E-state index contributed by atoms with van der Waals surface area (Å²) >= 11 is 0. The second-order valence-electron chi connectivity index (χ2n) is 5.82. The van der Waals surface area contributed by atoms with E-state index in [1.807, 2.05) is 37.1 Å². The molecule has 0 spiro atoms. The molecule has 1 atom stereocenters. The molecule has 0 saturated carbocycles. The highest BCUT2D eigenvalue weighted by Crippen LogP contribution is 2.35. The van der Waals surface area contributed by atoms with Crippen molar-refractivity contribution in [2.45, 2.75) is 26.3 Å². The van der Waals surface area contributed by atoms with E-state index in [1.165, 1.54) is 11.1 Å². The molecule has 3 nitrogen and oxygen atoms in total. The Morgan fingerprint density at radius 3 is 2.76 bits per heavy atom. The van der Waals surface area contributed by atoms with Crippen LogP contribution in [0.4, 0.5) is 0 Å². The minimum absolute atomic E-state index is 0.00873. The fraction of sp³-hybridized carbons (Fsp3) is 0.333. The first-order chi connectivity index (χ1) is 10.2. The zero-order chi connectivity index (χ0) is 14.8. The molecule has 0 bridgehead atoms. The van der Waals surface area contributed by atoms with E-state index in [4.69, 9.17) is 0 Å². The molecule has 1 unspecified atom stereocenters. The number of fused-ring (bicyclic) bond motifs is 1. The third kappa shape index (κ3) is 2.56. The molecule has 1 aliphatic rings. The standard InChI is InChI=1S/C18H20N2O/c1-13(2)18(21)20-11-9-14-6-3-4-8-16(14)17(20)15-7-5-10-19-12-15/h3-8,10,12-13,17H,9,11H2,1-2H3. The van der Waals surface area contributed by atoms with E-state index in [1.54, 1.807) is 6.20 Å². The average molecular weight is 280 g/mol. The van der Waals surface area contributed by atoms with E-state index < -0.39 is 0 Å². The summed E-state index contributed by atoms with van der Waals surface area (Å²) in [7, 11) is 0. The molecule has 0 radical (unpaired) electrons. The quantitative estimate of drug-likeness (QED) is 0.846. The van der Waals surface area contributed by atoms with Crippen LogP contribution in [0.2, 0.25) is 0 Å². The van der Waals surface area contributed by atoms with E-state index >= 15 is 0 Å². The Bertz CT molecular complexity index is 637. The van der Waals surface area contributed by atoms with Crippen molar-refractivity contribution in [3.05, 3.63) is 65.5 Å². The number of hydrogen-bond acceptors (Lipinski definition) is 2. The van der Waals surface area contributed by atoms with Crippen molar-refractivity contribution >= 4 is 5.91 Å². The molecule has 3 rings (SSSR count). The monoisotopic (exact) mass is 280 g/mol. The lowest BCUT2D eigenvalue weighted by molar-refractivity contribution is -0.136. The maximum atomic E-state index is 12.6. The van der Waals surface area contributed by atoms with Gasteiger partial charge in [-0.2, -0.15) is 0 Å². The number of rotatable bonds is 2. The highest BCUT2D eigenvalue weighted by Gasteiger charge is 2.32. The third-order valence-corrected chi connectivity index (χ3v) is 4.06. The van der Waals surface area contributed by atoms with Crippen molar-refractivity contribution in [2.24, 2.45) is 5.92 Å². The zero-order valence-corrected chi connectivity index (χ0v) is 12.5. The van der Waals surface area contributed by atoms with Gasteiger partial charge in [0, 0.05) is 24.9 Å². The normalized spacial score (nSPS) is 17.7. The summed E-state index contributed by atoms with van der Waals surface area (Å²) in [5, 5.41) is 0. The van der Waals surface area contributed by atoms with Gasteiger partial charge in [-0.3, -0.25) is 9.78 Å². The predicted octanol–water partition coefficient (Wildman–Crippen LogP) is 3.21. The Hall–Kier alpha value is -2.16. The maximum Gasteiger partial charge on any atom is 0.225 e. The number of aromatic nitrogens is 1. The van der Waals surface area contributed by atoms with Gasteiger partial charge < -0.3 is 4.90 Å². The first-order valence-electron chi connectivity index (χ1n) is 7.46. The van der Waals surface area contributed by atoms with Gasteiger partial charge in [-0.1, -0.05) is 44.2 Å². The van der Waals surface area contributed by atoms with Gasteiger partial charge in [-0.25, -0.2) is 0 Å². The summed E-state index contributed by atoms with van der Waals surface area (Å²) in [6.45, 7) is 4.69. The second-order valence-corrected chi connectivity index (χ2v) is 5.82. The summed E-state index contributed by atoms with van der Waals surface area (Å²) < 4.78 is 0. The lowest BCUT2D eigenvalue weighted by Crippen LogP contribution is -2.42. The van der Waals surface area contributed by atoms with Crippen molar-refractivity contribution in [1.29, 1.82) is 0 Å². The molecule has 1 aromatic heterocycles. The van der Waals surface area contributed by atoms with Gasteiger partial charge in [-0.05, 0) is 29.2 Å². The van der Waals surface area contributed by atoms with Crippen LogP contribution in [0, 0.1) is 5.92 Å². The highest BCUT2D eigenvalue weighted by atomic mass is 16.2. The minimum atomic E-state index is -0.0152. The van der Waals surface area contributed by atoms with Gasteiger partial charge in [0.25, 0.3) is 0 Å². The summed E-state index contributed by atoms with van der Waals surface area (Å²) in [6.07, 6.45) is 4.56. The Labute approximate surface area is 125 Å². The summed E-state index contributed by atoms with van der Waals surface area (Å²) in [4.78, 5) is 18.8. The number of pyridine rings is 1. The number of nitrogens with zero attached hydrogens (tertiary/aromatic N) is 2. The van der Waals surface area contributed by atoms with Crippen molar-refractivity contribution < 1.29 is 4.79 Å². The highest BCUT2D eigenvalue weighted by molar-refractivity contribution is 5.79. The van der Waals surface area contributed by atoms with E-state index in [0.29, 0.717) is 0 Å². The number of benzene rings is 1. The fourth-order valence-electron chi connectivity index (χ4n) is 3.03. The molecule has 2 aromatic rings. The van der Waals surface area contributed by atoms with Crippen LogP contribution in [0.15, 0.2) is 48.8 Å². The number of carbonyl (C=O) groups excluding carboxylic acids is 1. The second kappa shape index (κ2) is 5.68. The zero-order valence-electron chi connectivity index (χ0n) is 12.5. The third-order valence-electron chi connectivity index (χ3n) is 4.06. The Kier molecular flexibility index (Phi) is 3.74. The van der Waals surface area contributed by atoms with Crippen LogP contribution in [0.3, 0.4) is 0 Å². The van der Waals surface area contributed by atoms with E-state index in [0.717, 1.165) is 18.5 Å². The summed E-state index contributed by atoms with van der Waals surface area (Å²) in [5.74, 6) is 0.216. The molecule has 1 amide bonds. The van der Waals surface area contributed by atoms with Gasteiger partial charge in [0.2, 0.25) is 5.91 Å². The van der Waals surface area contributed by atoms with Crippen molar-refractivity contribution in [3.63, 3.8) is 0 Å². The van der Waals surface area contributed by atoms with E-state index in [-0.39, 0.29) is 17.9 Å². The van der Waals surface area contributed by atoms with Crippen LogP contribution in [-0.4, -0.2) is 22.3 Å². The van der Waals surface area contributed by atoms with E-state index in [2.05, 4.69) is 29.2 Å². The minimum Gasteiger partial charge on any atom is -0.331 e. The topological polar surface area (TPSA) is 33.2 Å². The van der Waals surface area contributed by atoms with Crippen LogP contribution in [0.25, 0.3) is 0 Å². The molecule has 0 saturated heterocycles. The molecule has 1 aromatic carbocycles. The van der Waals surface area contributed by atoms with Crippen molar-refractivity contribution in [2.75, 3.05) is 6.54 Å². The molecule has 3 heteroatoms. The van der Waals surface area contributed by atoms with E-state index in [9.17, 15) is 4.79 Å². The molecule has 0 aliphatic carbocycles.